The zero-order valence-electron chi connectivity index (χ0n) is 14.6. The molecular weight excluding hydrogens is 345 g/mol. The molecule has 0 aliphatic carbocycles. The van der Waals surface area contributed by atoms with E-state index in [1.54, 1.807) is 13.0 Å². The van der Waals surface area contributed by atoms with Crippen LogP contribution in [0, 0.1) is 24.4 Å². The van der Waals surface area contributed by atoms with Gasteiger partial charge in [0, 0.05) is 5.25 Å². The van der Waals surface area contributed by atoms with Crippen molar-refractivity contribution in [1.29, 1.82) is 0 Å². The van der Waals surface area contributed by atoms with Crippen LogP contribution in [0.25, 0.3) is 0 Å². The third-order valence-electron chi connectivity index (χ3n) is 3.81. The Morgan fingerprint density at radius 3 is 2.44 bits per heavy atom. The number of benzene rings is 2. The van der Waals surface area contributed by atoms with Crippen molar-refractivity contribution in [2.75, 3.05) is 10.0 Å². The molecule has 0 saturated carbocycles. The Hall–Kier alpha value is -1.82. The summed E-state index contributed by atoms with van der Waals surface area (Å²) in [6.45, 7) is 5.95. The Morgan fingerprint density at radius 1 is 1.04 bits per heavy atom. The summed E-state index contributed by atoms with van der Waals surface area (Å²) in [5.41, 5.74) is 1.13. The minimum absolute atomic E-state index is 0.0991. The average molecular weight is 368 g/mol. The van der Waals surface area contributed by atoms with Crippen molar-refractivity contribution < 1.29 is 13.2 Å². The maximum atomic E-state index is 14.3. The minimum atomic E-state index is -1.04. The van der Waals surface area contributed by atoms with Crippen LogP contribution in [0.1, 0.15) is 38.7 Å². The number of hydrogen-bond acceptors (Lipinski definition) is 3. The maximum absolute atomic E-state index is 14.3. The highest BCUT2D eigenvalue weighted by Crippen LogP contribution is 2.34. The molecule has 25 heavy (non-hydrogen) atoms. The Labute approximate surface area is 151 Å². The largest absolute Gasteiger partial charge is 0.349 e. The molecule has 2 rings (SSSR count). The molecule has 0 aromatic heterocycles. The Bertz CT molecular complexity index is 722. The summed E-state index contributed by atoms with van der Waals surface area (Å²) in [5, 5.41) is 2.99. The second-order valence-electron chi connectivity index (χ2n) is 6.06. The normalized spacial score (nSPS) is 12.1. The summed E-state index contributed by atoms with van der Waals surface area (Å²) < 4.78 is 45.0. The molecular formula is C19H23F3N2S. The number of nitrogens with one attached hydrogen (secondary N) is 2. The number of unbranched alkanes of at least 4 members (excludes halogenated alkanes) is 1. The first-order valence-corrected chi connectivity index (χ1v) is 9.23. The molecule has 0 radical (unpaired) electrons. The van der Waals surface area contributed by atoms with E-state index in [1.807, 2.05) is 0 Å². The summed E-state index contributed by atoms with van der Waals surface area (Å²) in [5.74, 6) is -2.53. The first kappa shape index (κ1) is 19.5. The highest BCUT2D eigenvalue weighted by Gasteiger charge is 2.16. The van der Waals surface area contributed by atoms with Gasteiger partial charge in [0.15, 0.2) is 11.6 Å². The maximum Gasteiger partial charge on any atom is 0.184 e. The molecule has 2 aromatic carbocycles. The lowest BCUT2D eigenvalue weighted by Crippen LogP contribution is -2.05. The number of rotatable bonds is 8. The third kappa shape index (κ3) is 5.33. The average Bonchev–Trinajstić information content (AvgIpc) is 2.58. The van der Waals surface area contributed by atoms with E-state index in [0.717, 1.165) is 30.9 Å². The molecule has 2 aromatic rings. The van der Waals surface area contributed by atoms with Crippen LogP contribution < -0.4 is 10.0 Å². The monoisotopic (exact) mass is 368 g/mol. The minimum Gasteiger partial charge on any atom is -0.349 e. The Balaban J connectivity index is 2.22. The fourth-order valence-corrected chi connectivity index (χ4v) is 3.11. The zero-order chi connectivity index (χ0) is 18.4. The molecule has 6 heteroatoms. The van der Waals surface area contributed by atoms with Crippen LogP contribution in [0.4, 0.5) is 30.2 Å². The van der Waals surface area contributed by atoms with Crippen molar-refractivity contribution in [1.82, 2.24) is 0 Å². The van der Waals surface area contributed by atoms with Gasteiger partial charge in [0.25, 0.3) is 0 Å². The van der Waals surface area contributed by atoms with E-state index in [0.29, 0.717) is 10.9 Å². The Kier molecular flexibility index (Phi) is 7.05. The van der Waals surface area contributed by atoms with Crippen molar-refractivity contribution in [2.45, 2.75) is 45.3 Å². The van der Waals surface area contributed by atoms with Gasteiger partial charge in [-0.2, -0.15) is 0 Å². The molecule has 0 amide bonds. The lowest BCUT2D eigenvalue weighted by molar-refractivity contribution is 0.512. The van der Waals surface area contributed by atoms with Gasteiger partial charge in [0.1, 0.15) is 11.5 Å². The molecule has 136 valence electrons. The van der Waals surface area contributed by atoms with Crippen molar-refractivity contribution in [3.63, 3.8) is 0 Å². The summed E-state index contributed by atoms with van der Waals surface area (Å²) >= 11 is 1.44. The predicted octanol–water partition coefficient (Wildman–Crippen LogP) is 6.79. The standard InChI is InChI=1S/C19H23F3N2S/c1-4-5-6-13(3)25-24-17-10-8-14(20)18(22)19(17)23-16-9-7-12(2)11-15(16)21/h7-11,13,23-24H,4-6H2,1-3H3. The molecule has 2 N–H and O–H groups in total. The smallest absolute Gasteiger partial charge is 0.184 e. The van der Waals surface area contributed by atoms with Crippen LogP contribution in [0.15, 0.2) is 30.3 Å². The van der Waals surface area contributed by atoms with E-state index >= 15 is 0 Å². The molecule has 0 heterocycles. The Morgan fingerprint density at radius 2 is 1.76 bits per heavy atom. The first-order valence-electron chi connectivity index (χ1n) is 8.35. The summed E-state index contributed by atoms with van der Waals surface area (Å²) in [7, 11) is 0. The van der Waals surface area contributed by atoms with E-state index in [9.17, 15) is 13.2 Å². The summed E-state index contributed by atoms with van der Waals surface area (Å²) in [6, 6.07) is 7.07. The van der Waals surface area contributed by atoms with Gasteiger partial charge in [0.05, 0.1) is 11.4 Å². The third-order valence-corrected chi connectivity index (χ3v) is 4.79. The lowest BCUT2D eigenvalue weighted by Gasteiger charge is -2.17. The van der Waals surface area contributed by atoms with Crippen molar-refractivity contribution in [3.05, 3.63) is 53.3 Å². The second-order valence-corrected chi connectivity index (χ2v) is 7.31. The van der Waals surface area contributed by atoms with Gasteiger partial charge in [-0.15, -0.1) is 0 Å². The van der Waals surface area contributed by atoms with Crippen LogP contribution >= 0.6 is 11.9 Å². The van der Waals surface area contributed by atoms with Gasteiger partial charge in [-0.25, -0.2) is 13.2 Å². The van der Waals surface area contributed by atoms with Crippen molar-refractivity contribution >= 4 is 29.0 Å². The SMILES string of the molecule is CCCCC(C)SNc1ccc(F)c(F)c1Nc1ccc(C)cc1F. The van der Waals surface area contributed by atoms with Crippen LogP contribution in [-0.4, -0.2) is 5.25 Å². The lowest BCUT2D eigenvalue weighted by atomic mass is 10.2. The summed E-state index contributed by atoms with van der Waals surface area (Å²) in [4.78, 5) is 0. The van der Waals surface area contributed by atoms with E-state index in [2.05, 4.69) is 23.9 Å². The molecule has 2 nitrogen and oxygen atoms in total. The van der Waals surface area contributed by atoms with Gasteiger partial charge in [-0.05, 0) is 55.1 Å². The quantitative estimate of drug-likeness (QED) is 0.501. The van der Waals surface area contributed by atoms with Crippen molar-refractivity contribution in [3.8, 4) is 0 Å². The fraction of sp³-hybridized carbons (Fsp3) is 0.368. The number of anilines is 3. The van der Waals surface area contributed by atoms with Gasteiger partial charge in [-0.3, -0.25) is 0 Å². The van der Waals surface area contributed by atoms with Crippen molar-refractivity contribution in [2.24, 2.45) is 0 Å². The molecule has 0 aliphatic rings. The van der Waals surface area contributed by atoms with Gasteiger partial charge in [-0.1, -0.05) is 32.8 Å². The van der Waals surface area contributed by atoms with E-state index in [-0.39, 0.29) is 11.4 Å². The van der Waals surface area contributed by atoms with Gasteiger partial charge < -0.3 is 10.0 Å². The highest BCUT2D eigenvalue weighted by molar-refractivity contribution is 8.01. The predicted molar refractivity (Wildman–Crippen MR) is 101 cm³/mol. The molecule has 0 fully saturated rings. The van der Waals surface area contributed by atoms with E-state index < -0.39 is 17.5 Å². The number of halogens is 3. The topological polar surface area (TPSA) is 24.1 Å². The van der Waals surface area contributed by atoms with Gasteiger partial charge >= 0.3 is 0 Å². The fourth-order valence-electron chi connectivity index (χ4n) is 2.33. The van der Waals surface area contributed by atoms with Crippen LogP contribution in [0.5, 0.6) is 0 Å². The molecule has 0 bridgehead atoms. The number of aryl methyl sites for hydroxylation is 1. The van der Waals surface area contributed by atoms with Gasteiger partial charge in [0.2, 0.25) is 0 Å². The zero-order valence-corrected chi connectivity index (χ0v) is 15.4. The molecule has 0 aliphatic heterocycles. The summed E-state index contributed by atoms with van der Waals surface area (Å²) in [6.07, 6.45) is 3.23. The molecule has 1 atom stereocenters. The molecule has 0 saturated heterocycles. The van der Waals surface area contributed by atoms with Crippen LogP contribution in [-0.2, 0) is 0 Å². The van der Waals surface area contributed by atoms with E-state index in [1.165, 1.54) is 30.1 Å². The highest BCUT2D eigenvalue weighted by atomic mass is 32.2. The van der Waals surface area contributed by atoms with Crippen LogP contribution in [0.2, 0.25) is 0 Å². The number of hydrogen-bond donors (Lipinski definition) is 2. The second kappa shape index (κ2) is 9.04. The van der Waals surface area contributed by atoms with Crippen LogP contribution in [0.3, 0.4) is 0 Å². The molecule has 0 spiro atoms. The first-order chi connectivity index (χ1) is 11.9. The molecule has 1 unspecified atom stereocenters. The van der Waals surface area contributed by atoms with E-state index in [4.69, 9.17) is 0 Å².